The minimum absolute atomic E-state index is 0.147. The maximum absolute atomic E-state index is 14.7. The Kier molecular flexibility index (Phi) is 7.89. The van der Waals surface area contributed by atoms with E-state index in [4.69, 9.17) is 4.98 Å². The van der Waals surface area contributed by atoms with Gasteiger partial charge < -0.3 is 24.6 Å². The van der Waals surface area contributed by atoms with E-state index in [1.54, 1.807) is 18.6 Å². The summed E-state index contributed by atoms with van der Waals surface area (Å²) in [4.78, 5) is 47.5. The molecule has 250 valence electrons. The zero-order chi connectivity index (χ0) is 33.0. The first-order valence-electron chi connectivity index (χ1n) is 17.6. The number of anilines is 3. The second-order valence-electron chi connectivity index (χ2n) is 13.8. The number of halogens is 1. The van der Waals surface area contributed by atoms with Gasteiger partial charge in [-0.3, -0.25) is 14.6 Å². The zero-order valence-corrected chi connectivity index (χ0v) is 27.8. The molecule has 1 N–H and O–H groups in total. The molecular weight excluding hydrogens is 607 g/mol. The molecule has 0 unspecified atom stereocenters. The van der Waals surface area contributed by atoms with Gasteiger partial charge in [0.05, 0.1) is 34.8 Å². The molecule has 1 aliphatic carbocycles. The number of fused-ring (bicyclic) bond motifs is 3. The van der Waals surface area contributed by atoms with E-state index >= 15 is 0 Å². The molecule has 3 fully saturated rings. The molecule has 1 saturated carbocycles. The maximum Gasteiger partial charge on any atom is 0.238 e. The Morgan fingerprint density at radius 1 is 1.02 bits per heavy atom. The van der Waals surface area contributed by atoms with Crippen molar-refractivity contribution < 1.29 is 14.0 Å². The van der Waals surface area contributed by atoms with Crippen LogP contribution in [0.1, 0.15) is 70.8 Å². The monoisotopic (exact) mass is 650 g/mol. The Bertz CT molecular complexity index is 1870. The highest BCUT2D eigenvalue weighted by Crippen LogP contribution is 2.52. The third-order valence-corrected chi connectivity index (χ3v) is 11.3. The van der Waals surface area contributed by atoms with Crippen LogP contribution in [-0.2, 0) is 21.5 Å². The highest BCUT2D eigenvalue weighted by molar-refractivity contribution is 6.09. The van der Waals surface area contributed by atoms with Gasteiger partial charge in [0.2, 0.25) is 11.8 Å². The van der Waals surface area contributed by atoms with E-state index in [0.717, 1.165) is 53.8 Å². The Morgan fingerprint density at radius 3 is 2.54 bits per heavy atom. The number of carbonyl (C=O) groups is 2. The molecule has 4 aromatic rings. The number of pyridine rings is 2. The normalized spacial score (nSPS) is 22.3. The van der Waals surface area contributed by atoms with Gasteiger partial charge >= 0.3 is 0 Å². The van der Waals surface area contributed by atoms with Crippen LogP contribution in [0.3, 0.4) is 0 Å². The molecule has 0 radical (unpaired) electrons. The Labute approximate surface area is 280 Å². The summed E-state index contributed by atoms with van der Waals surface area (Å²) in [6, 6.07) is 10.5. The molecule has 4 aliphatic rings. The summed E-state index contributed by atoms with van der Waals surface area (Å²) in [5.41, 5.74) is 4.80. The molecule has 0 atom stereocenters. The van der Waals surface area contributed by atoms with Crippen LogP contribution in [0.25, 0.3) is 22.3 Å². The Hall–Kier alpha value is -4.38. The summed E-state index contributed by atoms with van der Waals surface area (Å²) in [7, 11) is 0. The van der Waals surface area contributed by atoms with E-state index < -0.39 is 11.2 Å². The quantitative estimate of drug-likeness (QED) is 0.261. The van der Waals surface area contributed by atoms with Crippen LogP contribution in [0.2, 0.25) is 0 Å². The molecule has 1 spiro atoms. The molecule has 3 aliphatic heterocycles. The smallest absolute Gasteiger partial charge is 0.238 e. The number of piperidine rings is 2. The first-order valence-corrected chi connectivity index (χ1v) is 17.6. The molecule has 2 amide bonds. The first-order chi connectivity index (χ1) is 23.4. The number of nitrogens with zero attached hydrogens (tertiary/aromatic N) is 7. The summed E-state index contributed by atoms with van der Waals surface area (Å²) >= 11 is 0. The second-order valence-corrected chi connectivity index (χ2v) is 13.8. The van der Waals surface area contributed by atoms with Crippen molar-refractivity contribution in [3.63, 3.8) is 0 Å². The number of aryl methyl sites for hydroxylation is 1. The average molecular weight is 651 g/mol. The van der Waals surface area contributed by atoms with Gasteiger partial charge in [0, 0.05) is 55.6 Å². The third kappa shape index (κ3) is 5.05. The predicted molar refractivity (Wildman–Crippen MR) is 184 cm³/mol. The molecular formula is C37H43FN8O2. The SMILES string of the molecule is CCC(=O)N1CCC2(CC1)C(=O)N(C1CC(N3CCCCC3)C1)c1cc(-c3cc4ncn(CC)c4c(Nc4ccncc4F)n3)ccc12. The number of nitrogens with one attached hydrogen (secondary N) is 1. The number of hydrogen-bond acceptors (Lipinski definition) is 7. The summed E-state index contributed by atoms with van der Waals surface area (Å²) in [6.07, 6.45) is 12.0. The van der Waals surface area contributed by atoms with Crippen molar-refractivity contribution in [2.45, 2.75) is 89.3 Å². The lowest BCUT2D eigenvalue weighted by Gasteiger charge is -2.48. The lowest BCUT2D eigenvalue weighted by molar-refractivity contribution is -0.135. The number of imidazole rings is 1. The van der Waals surface area contributed by atoms with Gasteiger partial charge in [-0.15, -0.1) is 0 Å². The van der Waals surface area contributed by atoms with Crippen molar-refractivity contribution in [2.75, 3.05) is 36.4 Å². The lowest BCUT2D eigenvalue weighted by Crippen LogP contribution is -2.58. The number of aromatic nitrogens is 4. The highest BCUT2D eigenvalue weighted by Gasteiger charge is 2.55. The van der Waals surface area contributed by atoms with Crippen molar-refractivity contribution >= 4 is 40.0 Å². The molecule has 2 saturated heterocycles. The molecule has 48 heavy (non-hydrogen) atoms. The number of carbonyl (C=O) groups excluding carboxylic acids is 2. The lowest BCUT2D eigenvalue weighted by atomic mass is 9.73. The molecule has 1 aromatic carbocycles. The Balaban J connectivity index is 1.18. The fourth-order valence-electron chi connectivity index (χ4n) is 8.48. The molecule has 0 bridgehead atoms. The number of amides is 2. The minimum atomic E-state index is -0.628. The molecule has 10 nitrogen and oxygen atoms in total. The van der Waals surface area contributed by atoms with Gasteiger partial charge in [0.15, 0.2) is 11.6 Å². The molecule has 3 aromatic heterocycles. The van der Waals surface area contributed by atoms with Gasteiger partial charge in [0.1, 0.15) is 5.52 Å². The fourth-order valence-corrected chi connectivity index (χ4v) is 8.48. The van der Waals surface area contributed by atoms with E-state index in [9.17, 15) is 14.0 Å². The van der Waals surface area contributed by atoms with Gasteiger partial charge in [-0.1, -0.05) is 25.5 Å². The average Bonchev–Trinajstić information content (AvgIpc) is 3.62. The first kappa shape index (κ1) is 30.9. The number of rotatable bonds is 7. The van der Waals surface area contributed by atoms with Crippen LogP contribution < -0.4 is 10.2 Å². The van der Waals surface area contributed by atoms with Crippen molar-refractivity contribution in [2.24, 2.45) is 0 Å². The standard InChI is InChI=1S/C37H43FN8O2/c1-3-33(47)45-16-11-37(12-17-45)27-9-8-24(18-32(27)46(36(37)48)26-19-25(20-26)44-14-6-5-7-15-44)30-21-31-34(43(4-2)23-40-31)35(42-30)41-29-10-13-39-22-28(29)38/h8-10,13,18,21-23,25-26H,3-7,11-12,14-17,19-20H2,1-2H3,(H,39,41,42). The summed E-state index contributed by atoms with van der Waals surface area (Å²) in [5.74, 6) is 0.371. The predicted octanol–water partition coefficient (Wildman–Crippen LogP) is 6.03. The maximum atomic E-state index is 14.7. The van der Waals surface area contributed by atoms with E-state index in [-0.39, 0.29) is 23.5 Å². The number of hydrogen-bond donors (Lipinski definition) is 1. The van der Waals surface area contributed by atoms with Crippen molar-refractivity contribution in [1.82, 2.24) is 29.3 Å². The van der Waals surface area contributed by atoms with Crippen LogP contribution in [0.5, 0.6) is 0 Å². The second kappa shape index (κ2) is 12.3. The van der Waals surface area contributed by atoms with Crippen LogP contribution in [0.15, 0.2) is 49.1 Å². The molecule has 6 heterocycles. The topological polar surface area (TPSA) is 99.5 Å². The molecule has 8 rings (SSSR count). The van der Waals surface area contributed by atoms with Crippen LogP contribution in [0.4, 0.5) is 21.6 Å². The van der Waals surface area contributed by atoms with Gasteiger partial charge in [-0.25, -0.2) is 14.4 Å². The van der Waals surface area contributed by atoms with Crippen molar-refractivity contribution in [3.05, 3.63) is 60.4 Å². The number of likely N-dealkylation sites (tertiary alicyclic amines) is 2. The zero-order valence-electron chi connectivity index (χ0n) is 27.8. The summed E-state index contributed by atoms with van der Waals surface area (Å²) < 4.78 is 16.7. The Morgan fingerprint density at radius 2 is 1.81 bits per heavy atom. The van der Waals surface area contributed by atoms with E-state index in [1.165, 1.54) is 25.5 Å². The largest absolute Gasteiger partial charge is 0.343 e. The van der Waals surface area contributed by atoms with Crippen molar-refractivity contribution in [1.29, 1.82) is 0 Å². The van der Waals surface area contributed by atoms with Crippen molar-refractivity contribution in [3.8, 4) is 11.3 Å². The van der Waals surface area contributed by atoms with E-state index in [2.05, 4.69) is 43.3 Å². The van der Waals surface area contributed by atoms with E-state index in [0.29, 0.717) is 56.5 Å². The van der Waals surface area contributed by atoms with E-state index in [1.807, 2.05) is 29.4 Å². The van der Waals surface area contributed by atoms with Gasteiger partial charge in [-0.05, 0) is 82.3 Å². The highest BCUT2D eigenvalue weighted by atomic mass is 19.1. The minimum Gasteiger partial charge on any atom is -0.343 e. The third-order valence-electron chi connectivity index (χ3n) is 11.3. The van der Waals surface area contributed by atoms with Gasteiger partial charge in [0.25, 0.3) is 0 Å². The van der Waals surface area contributed by atoms with Crippen LogP contribution in [-0.4, -0.2) is 79.4 Å². The summed E-state index contributed by atoms with van der Waals surface area (Å²) in [5, 5.41) is 3.20. The fraction of sp³-hybridized carbons (Fsp3) is 0.486. The summed E-state index contributed by atoms with van der Waals surface area (Å²) in [6.45, 7) is 8.10. The van der Waals surface area contributed by atoms with Crippen LogP contribution >= 0.6 is 0 Å². The van der Waals surface area contributed by atoms with Crippen LogP contribution in [0, 0.1) is 5.82 Å². The van der Waals surface area contributed by atoms with Gasteiger partial charge in [-0.2, -0.15) is 0 Å². The molecule has 11 heteroatoms. The number of benzene rings is 1.